The first-order valence-electron chi connectivity index (χ1n) is 19.7. The van der Waals surface area contributed by atoms with Crippen LogP contribution in [0.3, 0.4) is 0 Å². The summed E-state index contributed by atoms with van der Waals surface area (Å²) in [6, 6.07) is 67.6. The maximum atomic E-state index is 7.06. The minimum Gasteiger partial charge on any atom is -0.439 e. The zero-order valence-electron chi connectivity index (χ0n) is 31.6. The largest absolute Gasteiger partial charge is 0.439 e. The summed E-state index contributed by atoms with van der Waals surface area (Å²) in [7, 11) is 0. The fraction of sp³-hybridized carbons (Fsp3) is 0.0566. The van der Waals surface area contributed by atoms with E-state index in [0.29, 0.717) is 0 Å². The minimum atomic E-state index is -0.285. The Morgan fingerprint density at radius 1 is 0.456 bits per heavy atom. The van der Waals surface area contributed by atoms with Gasteiger partial charge in [-0.05, 0) is 107 Å². The van der Waals surface area contributed by atoms with Crippen LogP contribution in [0.5, 0.6) is 0 Å². The molecule has 0 saturated carbocycles. The molecule has 11 aromatic rings. The molecule has 270 valence electrons. The Morgan fingerprint density at radius 3 is 1.60 bits per heavy atom. The molecule has 1 aliphatic carbocycles. The van der Waals surface area contributed by atoms with Crippen LogP contribution in [-0.2, 0) is 5.41 Å². The highest BCUT2D eigenvalue weighted by molar-refractivity contribution is 6.26. The highest BCUT2D eigenvalue weighted by Gasteiger charge is 2.42. The van der Waals surface area contributed by atoms with Gasteiger partial charge in [-0.2, -0.15) is 0 Å². The van der Waals surface area contributed by atoms with Crippen LogP contribution < -0.4 is 9.80 Å². The number of fused-ring (bicyclic) bond motifs is 11. The number of aromatic nitrogens is 1. The number of rotatable bonds is 6. The van der Waals surface area contributed by atoms with Gasteiger partial charge in [-0.15, -0.1) is 0 Å². The molecule has 0 fully saturated rings. The molecule has 0 unspecified atom stereocenters. The van der Waals surface area contributed by atoms with E-state index in [0.717, 1.165) is 50.8 Å². The standard InChI is InChI=1S/C53H37N3O/c1-53(2)46-32-35-30-40(54(36-16-7-3-8-17-36)37-18-9-4-10-19-37)27-26-34(35)31-45(46)48-43-24-15-25-44-49-42-29-28-41(33-47(42)57-52(49)56(50(43)44)51(48)53)55(38-20-11-5-12-21-38)39-22-13-6-14-23-39/h3-33H,1-2H3. The summed E-state index contributed by atoms with van der Waals surface area (Å²) in [4.78, 5) is 4.63. The van der Waals surface area contributed by atoms with Crippen LogP contribution in [-0.4, -0.2) is 4.40 Å². The normalized spacial score (nSPS) is 13.2. The molecular formula is C53H37N3O. The van der Waals surface area contributed by atoms with Crippen molar-refractivity contribution >= 4 is 83.3 Å². The first kappa shape index (κ1) is 32.0. The van der Waals surface area contributed by atoms with E-state index < -0.39 is 0 Å². The van der Waals surface area contributed by atoms with Gasteiger partial charge in [0.15, 0.2) is 0 Å². The molecule has 0 aliphatic heterocycles. The van der Waals surface area contributed by atoms with Crippen molar-refractivity contribution < 1.29 is 4.42 Å². The Bertz CT molecular complexity index is 3230. The van der Waals surface area contributed by atoms with Gasteiger partial charge < -0.3 is 14.2 Å². The second kappa shape index (κ2) is 11.8. The number of anilines is 6. The Hall–Kier alpha value is -7.30. The van der Waals surface area contributed by atoms with Crippen molar-refractivity contribution in [3.05, 3.63) is 199 Å². The van der Waals surface area contributed by atoms with Crippen LogP contribution in [0.25, 0.3) is 60.3 Å². The SMILES string of the molecule is CC1(C)c2cc3cc(N(c4ccccc4)c4ccccc4)ccc3cc2-c2c1n1c3oc4cc(N(c5ccccc5)c5ccccc5)ccc4c3c3cccc2c31. The summed E-state index contributed by atoms with van der Waals surface area (Å²) in [6.45, 7) is 4.76. The van der Waals surface area contributed by atoms with E-state index in [4.69, 9.17) is 4.42 Å². The molecule has 0 spiro atoms. The van der Waals surface area contributed by atoms with E-state index in [2.05, 4.69) is 216 Å². The monoisotopic (exact) mass is 731 g/mol. The molecule has 8 aromatic carbocycles. The number of furan rings is 1. The highest BCUT2D eigenvalue weighted by Crippen LogP contribution is 2.56. The third kappa shape index (κ3) is 4.55. The van der Waals surface area contributed by atoms with Gasteiger partial charge >= 0.3 is 0 Å². The molecule has 0 saturated heterocycles. The lowest BCUT2D eigenvalue weighted by Gasteiger charge is -2.26. The first-order valence-corrected chi connectivity index (χ1v) is 19.7. The molecule has 0 N–H and O–H groups in total. The molecule has 4 heteroatoms. The van der Waals surface area contributed by atoms with E-state index >= 15 is 0 Å². The second-order valence-electron chi connectivity index (χ2n) is 15.8. The number of para-hydroxylation sites is 5. The first-order chi connectivity index (χ1) is 28.0. The van der Waals surface area contributed by atoms with Crippen LogP contribution >= 0.6 is 0 Å². The quantitative estimate of drug-likeness (QED) is 0.170. The van der Waals surface area contributed by atoms with Crippen LogP contribution in [0.2, 0.25) is 0 Å². The predicted molar refractivity (Wildman–Crippen MR) is 238 cm³/mol. The van der Waals surface area contributed by atoms with Crippen LogP contribution in [0.15, 0.2) is 192 Å². The van der Waals surface area contributed by atoms with Gasteiger partial charge in [0.25, 0.3) is 0 Å². The van der Waals surface area contributed by atoms with Crippen molar-refractivity contribution in [2.45, 2.75) is 19.3 Å². The van der Waals surface area contributed by atoms with Crippen molar-refractivity contribution in [2.75, 3.05) is 9.80 Å². The van der Waals surface area contributed by atoms with Gasteiger partial charge in [0, 0.05) is 73.0 Å². The van der Waals surface area contributed by atoms with E-state index in [1.807, 2.05) is 0 Å². The Labute approximate surface area is 330 Å². The van der Waals surface area contributed by atoms with Gasteiger partial charge in [-0.25, -0.2) is 0 Å². The highest BCUT2D eigenvalue weighted by atomic mass is 16.3. The molecule has 57 heavy (non-hydrogen) atoms. The lowest BCUT2D eigenvalue weighted by molar-refractivity contribution is 0.606. The molecule has 0 amide bonds. The molecule has 3 heterocycles. The van der Waals surface area contributed by atoms with Gasteiger partial charge in [-0.3, -0.25) is 4.40 Å². The predicted octanol–water partition coefficient (Wildman–Crippen LogP) is 14.8. The maximum Gasteiger partial charge on any atom is 0.213 e. The lowest BCUT2D eigenvalue weighted by atomic mass is 9.84. The van der Waals surface area contributed by atoms with Gasteiger partial charge in [0.2, 0.25) is 5.71 Å². The molecule has 4 nitrogen and oxygen atoms in total. The summed E-state index contributed by atoms with van der Waals surface area (Å²) in [5, 5.41) is 7.28. The second-order valence-corrected chi connectivity index (χ2v) is 15.8. The van der Waals surface area contributed by atoms with E-state index in [9.17, 15) is 0 Å². The minimum absolute atomic E-state index is 0.285. The van der Waals surface area contributed by atoms with E-state index in [-0.39, 0.29) is 5.41 Å². The third-order valence-corrected chi connectivity index (χ3v) is 12.2. The summed E-state index contributed by atoms with van der Waals surface area (Å²) in [6.07, 6.45) is 0. The van der Waals surface area contributed by atoms with Crippen molar-refractivity contribution in [3.8, 4) is 11.1 Å². The summed E-state index contributed by atoms with van der Waals surface area (Å²) >= 11 is 0. The smallest absolute Gasteiger partial charge is 0.213 e. The van der Waals surface area contributed by atoms with Gasteiger partial charge in [0.1, 0.15) is 5.58 Å². The number of hydrogen-bond donors (Lipinski definition) is 0. The Balaban J connectivity index is 1.04. The number of nitrogens with zero attached hydrogens (tertiary/aromatic N) is 3. The summed E-state index contributed by atoms with van der Waals surface area (Å²) in [5.74, 6) is 0. The fourth-order valence-electron chi connectivity index (χ4n) is 9.71. The Morgan fingerprint density at radius 2 is 1.00 bits per heavy atom. The zero-order chi connectivity index (χ0) is 37.8. The summed E-state index contributed by atoms with van der Waals surface area (Å²) in [5.41, 5.74) is 14.7. The van der Waals surface area contributed by atoms with Crippen molar-refractivity contribution in [1.29, 1.82) is 0 Å². The maximum absolute atomic E-state index is 7.06. The number of hydrogen-bond acceptors (Lipinski definition) is 3. The molecule has 0 radical (unpaired) electrons. The van der Waals surface area contributed by atoms with Crippen molar-refractivity contribution in [1.82, 2.24) is 4.40 Å². The molecule has 1 aliphatic rings. The van der Waals surface area contributed by atoms with Crippen molar-refractivity contribution in [3.63, 3.8) is 0 Å². The van der Waals surface area contributed by atoms with E-state index in [1.165, 1.54) is 54.8 Å². The third-order valence-electron chi connectivity index (χ3n) is 12.2. The topological polar surface area (TPSA) is 24.0 Å². The van der Waals surface area contributed by atoms with Gasteiger partial charge in [0.05, 0.1) is 10.9 Å². The zero-order valence-corrected chi connectivity index (χ0v) is 31.6. The molecule has 0 atom stereocenters. The average molecular weight is 732 g/mol. The number of benzene rings is 8. The van der Waals surface area contributed by atoms with Crippen LogP contribution in [0.1, 0.15) is 25.1 Å². The average Bonchev–Trinajstić information content (AvgIpc) is 3.96. The lowest BCUT2D eigenvalue weighted by Crippen LogP contribution is -2.17. The van der Waals surface area contributed by atoms with Gasteiger partial charge in [-0.1, -0.05) is 111 Å². The summed E-state index contributed by atoms with van der Waals surface area (Å²) < 4.78 is 9.50. The fourth-order valence-corrected chi connectivity index (χ4v) is 9.71. The van der Waals surface area contributed by atoms with Crippen LogP contribution in [0.4, 0.5) is 34.1 Å². The molecule has 0 bridgehead atoms. The van der Waals surface area contributed by atoms with Crippen molar-refractivity contribution in [2.24, 2.45) is 0 Å². The molecule has 3 aromatic heterocycles. The Kier molecular flexibility index (Phi) is 6.65. The molecule has 12 rings (SSSR count). The molecular weight excluding hydrogens is 695 g/mol. The van der Waals surface area contributed by atoms with E-state index in [1.54, 1.807) is 0 Å². The van der Waals surface area contributed by atoms with Crippen LogP contribution in [0, 0.1) is 0 Å².